The Morgan fingerprint density at radius 1 is 1.27 bits per heavy atom. The number of anilines is 1. The summed E-state index contributed by atoms with van der Waals surface area (Å²) in [6, 6.07) is 2.45. The highest BCUT2D eigenvalue weighted by molar-refractivity contribution is 7.17. The van der Waals surface area contributed by atoms with Crippen LogP contribution in [0, 0.1) is 11.6 Å². The van der Waals surface area contributed by atoms with Crippen molar-refractivity contribution in [2.24, 2.45) is 5.73 Å². The number of rotatable bonds is 4. The lowest BCUT2D eigenvalue weighted by Crippen LogP contribution is -2.32. The number of halogens is 2. The van der Waals surface area contributed by atoms with Crippen LogP contribution < -0.4 is 11.1 Å². The molecule has 1 atom stereocenters. The molecule has 1 aromatic carbocycles. The molecule has 3 N–H and O–H groups in total. The van der Waals surface area contributed by atoms with Gasteiger partial charge in [0, 0.05) is 17.0 Å². The number of carbonyl (C=O) groups excluding carboxylic acids is 2. The van der Waals surface area contributed by atoms with Crippen molar-refractivity contribution in [3.8, 4) is 0 Å². The van der Waals surface area contributed by atoms with Crippen LogP contribution in [0.4, 0.5) is 13.8 Å². The monoisotopic (exact) mass is 380 g/mol. The minimum absolute atomic E-state index is 0.0740. The summed E-state index contributed by atoms with van der Waals surface area (Å²) in [7, 11) is 0. The van der Waals surface area contributed by atoms with Crippen molar-refractivity contribution in [3.05, 3.63) is 51.4 Å². The van der Waals surface area contributed by atoms with Gasteiger partial charge in [0.1, 0.15) is 16.6 Å². The lowest BCUT2D eigenvalue weighted by Gasteiger charge is -2.11. The third-order valence-electron chi connectivity index (χ3n) is 4.10. The molecule has 0 unspecified atom stereocenters. The summed E-state index contributed by atoms with van der Waals surface area (Å²) in [5.74, 6) is -3.20. The van der Waals surface area contributed by atoms with Crippen LogP contribution in [0.5, 0.6) is 0 Å². The predicted octanol–water partition coefficient (Wildman–Crippen LogP) is 3.01. The molecule has 138 valence electrons. The molecule has 0 fully saturated rings. The molecule has 1 amide bonds. The van der Waals surface area contributed by atoms with Crippen LogP contribution in [-0.2, 0) is 22.6 Å². The van der Waals surface area contributed by atoms with E-state index in [2.05, 4.69) is 5.32 Å². The molecule has 2 heterocycles. The molecule has 8 heteroatoms. The summed E-state index contributed by atoms with van der Waals surface area (Å²) in [6.45, 7) is 2.19. The molecule has 0 aliphatic carbocycles. The normalized spacial score (nSPS) is 15.1. The highest BCUT2D eigenvalue weighted by Crippen LogP contribution is 2.38. The minimum atomic E-state index is -0.950. The van der Waals surface area contributed by atoms with E-state index in [1.807, 2.05) is 0 Å². The van der Waals surface area contributed by atoms with E-state index >= 15 is 0 Å². The van der Waals surface area contributed by atoms with Gasteiger partial charge in [-0.1, -0.05) is 6.07 Å². The standard InChI is InChI=1S/C18H18F2N2O3S/c1-9(21)17(24)22-18-14(10-8-25-7-3-6-13(10)26-18)16(23)15-11(19)4-2-5-12(15)20/h2,4-5,9H,3,6-8,21H2,1H3,(H,22,24)/t9-/m0/s1. The van der Waals surface area contributed by atoms with Gasteiger partial charge in [-0.15, -0.1) is 11.3 Å². The maximum absolute atomic E-state index is 14.1. The summed E-state index contributed by atoms with van der Waals surface area (Å²) in [6.07, 6.45) is 1.42. The van der Waals surface area contributed by atoms with Crippen molar-refractivity contribution in [3.63, 3.8) is 0 Å². The first-order valence-corrected chi connectivity index (χ1v) is 8.99. The van der Waals surface area contributed by atoms with E-state index in [9.17, 15) is 18.4 Å². The van der Waals surface area contributed by atoms with Gasteiger partial charge in [0.2, 0.25) is 11.7 Å². The first-order valence-electron chi connectivity index (χ1n) is 8.17. The smallest absolute Gasteiger partial charge is 0.241 e. The summed E-state index contributed by atoms with van der Waals surface area (Å²) >= 11 is 1.22. The lowest BCUT2D eigenvalue weighted by molar-refractivity contribution is -0.117. The molecule has 1 aliphatic rings. The Bertz CT molecular complexity index is 844. The third-order valence-corrected chi connectivity index (χ3v) is 5.30. The van der Waals surface area contributed by atoms with Crippen molar-refractivity contribution in [2.45, 2.75) is 32.4 Å². The van der Waals surface area contributed by atoms with Crippen molar-refractivity contribution < 1.29 is 23.1 Å². The quantitative estimate of drug-likeness (QED) is 0.799. The van der Waals surface area contributed by atoms with Gasteiger partial charge in [-0.05, 0) is 31.9 Å². The predicted molar refractivity (Wildman–Crippen MR) is 94.4 cm³/mol. The van der Waals surface area contributed by atoms with Crippen LogP contribution in [0.15, 0.2) is 18.2 Å². The second-order valence-electron chi connectivity index (χ2n) is 6.07. The summed E-state index contributed by atoms with van der Waals surface area (Å²) in [5, 5.41) is 2.86. The van der Waals surface area contributed by atoms with Gasteiger partial charge in [0.15, 0.2) is 0 Å². The van der Waals surface area contributed by atoms with E-state index in [0.717, 1.165) is 23.4 Å². The Labute approximate surface area is 153 Å². The molecule has 0 spiro atoms. The fraction of sp³-hybridized carbons (Fsp3) is 0.333. The SMILES string of the molecule is C[C@H](N)C(=O)Nc1sc2c(c1C(=O)c1c(F)cccc1F)COCCC2. The number of aryl methyl sites for hydroxylation is 1. The molecule has 3 rings (SSSR count). The minimum Gasteiger partial charge on any atom is -0.377 e. The summed E-state index contributed by atoms with van der Waals surface area (Å²) < 4.78 is 33.8. The van der Waals surface area contributed by atoms with Gasteiger partial charge in [-0.3, -0.25) is 9.59 Å². The van der Waals surface area contributed by atoms with Crippen LogP contribution >= 0.6 is 11.3 Å². The second kappa shape index (κ2) is 7.61. The number of benzene rings is 1. The number of amides is 1. The van der Waals surface area contributed by atoms with Crippen LogP contribution in [0.1, 0.15) is 39.7 Å². The van der Waals surface area contributed by atoms with Crippen molar-refractivity contribution in [2.75, 3.05) is 11.9 Å². The van der Waals surface area contributed by atoms with Crippen LogP contribution in [0.3, 0.4) is 0 Å². The summed E-state index contributed by atoms with van der Waals surface area (Å²) in [4.78, 5) is 25.9. The first kappa shape index (κ1) is 18.6. The Morgan fingerprint density at radius 3 is 2.62 bits per heavy atom. The summed E-state index contributed by atoms with van der Waals surface area (Å²) in [5.41, 5.74) is 5.58. The highest BCUT2D eigenvalue weighted by atomic mass is 32.1. The van der Waals surface area contributed by atoms with Gasteiger partial charge >= 0.3 is 0 Å². The molecule has 1 aromatic heterocycles. The molecule has 2 aromatic rings. The van der Waals surface area contributed by atoms with E-state index in [1.54, 1.807) is 0 Å². The zero-order valence-electron chi connectivity index (χ0n) is 14.1. The zero-order valence-corrected chi connectivity index (χ0v) is 14.9. The average Bonchev–Trinajstić information content (AvgIpc) is 2.75. The number of hydrogen-bond acceptors (Lipinski definition) is 5. The van der Waals surface area contributed by atoms with Gasteiger partial charge in [0.05, 0.1) is 23.8 Å². The van der Waals surface area contributed by atoms with Crippen molar-refractivity contribution in [1.29, 1.82) is 0 Å². The molecule has 5 nitrogen and oxygen atoms in total. The molecular formula is C18H18F2N2O3S. The maximum Gasteiger partial charge on any atom is 0.241 e. The Balaban J connectivity index is 2.13. The zero-order chi connectivity index (χ0) is 18.8. The topological polar surface area (TPSA) is 81.4 Å². The number of nitrogens with one attached hydrogen (secondary N) is 1. The number of thiophene rings is 1. The van der Waals surface area contributed by atoms with Crippen molar-refractivity contribution >= 4 is 28.0 Å². The Morgan fingerprint density at radius 2 is 1.96 bits per heavy atom. The molecule has 1 aliphatic heterocycles. The van der Waals surface area contributed by atoms with Gasteiger partial charge in [-0.25, -0.2) is 8.78 Å². The maximum atomic E-state index is 14.1. The average molecular weight is 380 g/mol. The van der Waals surface area contributed by atoms with E-state index in [-0.39, 0.29) is 17.2 Å². The van der Waals surface area contributed by atoms with Gasteiger partial charge < -0.3 is 15.8 Å². The first-order chi connectivity index (χ1) is 12.4. The largest absolute Gasteiger partial charge is 0.377 e. The van der Waals surface area contributed by atoms with Gasteiger partial charge in [0.25, 0.3) is 0 Å². The highest BCUT2D eigenvalue weighted by Gasteiger charge is 2.30. The third kappa shape index (κ3) is 3.53. The molecule has 0 bridgehead atoms. The lowest BCUT2D eigenvalue weighted by atomic mass is 9.98. The Hall–Kier alpha value is -2.16. The molecular weight excluding hydrogens is 362 g/mol. The van der Waals surface area contributed by atoms with Crippen LogP contribution in [-0.4, -0.2) is 24.3 Å². The van der Waals surface area contributed by atoms with Crippen molar-refractivity contribution in [1.82, 2.24) is 0 Å². The molecule has 0 saturated heterocycles. The van der Waals surface area contributed by atoms with E-state index in [1.165, 1.54) is 24.3 Å². The number of fused-ring (bicyclic) bond motifs is 1. The molecule has 0 radical (unpaired) electrons. The number of carbonyl (C=O) groups is 2. The fourth-order valence-electron chi connectivity index (χ4n) is 2.77. The number of hydrogen-bond donors (Lipinski definition) is 2. The molecule has 0 saturated carbocycles. The number of nitrogens with two attached hydrogens (primary N) is 1. The second-order valence-corrected chi connectivity index (χ2v) is 7.17. The number of ether oxygens (including phenoxy) is 1. The van der Waals surface area contributed by atoms with Gasteiger partial charge in [-0.2, -0.15) is 0 Å². The van der Waals surface area contributed by atoms with E-state index in [0.29, 0.717) is 18.6 Å². The fourth-order valence-corrected chi connectivity index (χ4v) is 4.02. The van der Waals surface area contributed by atoms with E-state index in [4.69, 9.17) is 10.5 Å². The van der Waals surface area contributed by atoms with Crippen LogP contribution in [0.2, 0.25) is 0 Å². The Kier molecular flexibility index (Phi) is 5.45. The molecule has 26 heavy (non-hydrogen) atoms. The van der Waals surface area contributed by atoms with E-state index < -0.39 is 34.9 Å². The van der Waals surface area contributed by atoms with Crippen LogP contribution in [0.25, 0.3) is 0 Å². The number of ketones is 1.